The van der Waals surface area contributed by atoms with Crippen LogP contribution >= 0.6 is 0 Å². The second-order valence-corrected chi connectivity index (χ2v) is 5.81. The van der Waals surface area contributed by atoms with Crippen LogP contribution in [0.3, 0.4) is 0 Å². The van der Waals surface area contributed by atoms with Crippen LogP contribution in [0, 0.1) is 13.8 Å². The van der Waals surface area contributed by atoms with Crippen LogP contribution in [0.5, 0.6) is 0 Å². The molecule has 2 heterocycles. The van der Waals surface area contributed by atoms with Gasteiger partial charge in [0.15, 0.2) is 0 Å². The number of hydrogen-bond acceptors (Lipinski definition) is 3. The number of hydrogen-bond donors (Lipinski definition) is 2. The van der Waals surface area contributed by atoms with Crippen molar-refractivity contribution in [3.8, 4) is 0 Å². The Morgan fingerprint density at radius 1 is 1.26 bits per heavy atom. The lowest BCUT2D eigenvalue weighted by molar-refractivity contribution is -0.140. The number of H-pyrrole nitrogens is 1. The maximum absolute atomic E-state index is 11.8. The van der Waals surface area contributed by atoms with Gasteiger partial charge in [-0.2, -0.15) is 0 Å². The van der Waals surface area contributed by atoms with E-state index in [2.05, 4.69) is 10.3 Å². The maximum atomic E-state index is 11.8. The van der Waals surface area contributed by atoms with Crippen LogP contribution in [0.15, 0.2) is 16.8 Å². The van der Waals surface area contributed by atoms with Gasteiger partial charge in [-0.05, 0) is 56.4 Å². The Kier molecular flexibility index (Phi) is 5.08. The molecule has 0 saturated carbocycles. The fourth-order valence-electron chi connectivity index (χ4n) is 3.02. The van der Waals surface area contributed by atoms with Crippen molar-refractivity contribution in [2.75, 3.05) is 7.11 Å². The number of ether oxygens (including phenoxy) is 1. The lowest BCUT2D eigenvalue weighted by Crippen LogP contribution is -2.15. The van der Waals surface area contributed by atoms with E-state index in [9.17, 15) is 9.59 Å². The molecule has 1 aromatic heterocycles. The molecule has 2 N–H and O–H groups in total. The van der Waals surface area contributed by atoms with E-state index < -0.39 is 0 Å². The molecule has 124 valence electrons. The molecular weight excluding hydrogens is 292 g/mol. The summed E-state index contributed by atoms with van der Waals surface area (Å²) >= 11 is 0. The summed E-state index contributed by atoms with van der Waals surface area (Å²) in [6, 6.07) is 0. The molecule has 0 aromatic carbocycles. The highest BCUT2D eigenvalue weighted by molar-refractivity contribution is 6.00. The van der Waals surface area contributed by atoms with Gasteiger partial charge in [-0.25, -0.2) is 0 Å². The van der Waals surface area contributed by atoms with Gasteiger partial charge in [0.05, 0.1) is 7.11 Å². The van der Waals surface area contributed by atoms with Crippen molar-refractivity contribution in [1.29, 1.82) is 0 Å². The molecule has 1 amide bonds. The number of nitrogens with one attached hydrogen (secondary N) is 2. The number of rotatable bonds is 5. The average Bonchev–Trinajstić information content (AvgIpc) is 2.94. The maximum Gasteiger partial charge on any atom is 0.305 e. The second-order valence-electron chi connectivity index (χ2n) is 5.81. The van der Waals surface area contributed by atoms with Gasteiger partial charge in [0.2, 0.25) is 0 Å². The average molecular weight is 316 g/mol. The van der Waals surface area contributed by atoms with Gasteiger partial charge in [0, 0.05) is 29.1 Å². The topological polar surface area (TPSA) is 71.2 Å². The Balaban J connectivity index is 2.30. The van der Waals surface area contributed by atoms with E-state index in [1.807, 2.05) is 33.8 Å². The van der Waals surface area contributed by atoms with Crippen LogP contribution < -0.4 is 5.32 Å². The summed E-state index contributed by atoms with van der Waals surface area (Å²) in [6.07, 6.45) is 3.80. The third kappa shape index (κ3) is 3.38. The molecule has 1 aliphatic heterocycles. The fraction of sp³-hybridized carbons (Fsp3) is 0.444. The first-order valence-corrected chi connectivity index (χ1v) is 7.87. The second kappa shape index (κ2) is 6.86. The number of methoxy groups -OCH3 is 1. The first kappa shape index (κ1) is 17.1. The van der Waals surface area contributed by atoms with Crippen LogP contribution in [0.2, 0.25) is 0 Å². The number of carbonyl (C=O) groups is 2. The van der Waals surface area contributed by atoms with E-state index >= 15 is 0 Å². The van der Waals surface area contributed by atoms with Crippen LogP contribution in [0.1, 0.15) is 49.2 Å². The van der Waals surface area contributed by atoms with E-state index in [1.165, 1.54) is 7.11 Å². The first-order chi connectivity index (χ1) is 10.9. The van der Waals surface area contributed by atoms with Gasteiger partial charge in [0.1, 0.15) is 0 Å². The Morgan fingerprint density at radius 2 is 1.96 bits per heavy atom. The standard InChI is InChI=1S/C18H24N2O3/c1-6-13-11(3)18(22)20-16(13)9-15-10(2)14(12(4)19-15)7-8-17(21)23-5/h9,19H,6-8H2,1-5H3,(H,20,22)/b16-9-. The van der Waals surface area contributed by atoms with E-state index in [0.29, 0.717) is 12.8 Å². The Bertz CT molecular complexity index is 708. The minimum atomic E-state index is -0.209. The summed E-state index contributed by atoms with van der Waals surface area (Å²) in [5.74, 6) is -0.236. The highest BCUT2D eigenvalue weighted by Gasteiger charge is 2.23. The third-order valence-corrected chi connectivity index (χ3v) is 4.45. The predicted octanol–water partition coefficient (Wildman–Crippen LogP) is 2.93. The van der Waals surface area contributed by atoms with E-state index in [-0.39, 0.29) is 11.9 Å². The van der Waals surface area contributed by atoms with Gasteiger partial charge in [-0.3, -0.25) is 9.59 Å². The van der Waals surface area contributed by atoms with Gasteiger partial charge in [-0.1, -0.05) is 6.92 Å². The predicted molar refractivity (Wildman–Crippen MR) is 89.7 cm³/mol. The summed E-state index contributed by atoms with van der Waals surface area (Å²) in [5, 5.41) is 2.92. The first-order valence-electron chi connectivity index (χ1n) is 7.87. The quantitative estimate of drug-likeness (QED) is 0.821. The van der Waals surface area contributed by atoms with Gasteiger partial charge >= 0.3 is 5.97 Å². The minimum absolute atomic E-state index is 0.0278. The molecule has 5 heteroatoms. The zero-order chi connectivity index (χ0) is 17.1. The normalized spacial score (nSPS) is 16.2. The lowest BCUT2D eigenvalue weighted by atomic mass is 10.0. The molecule has 0 bridgehead atoms. The number of carbonyl (C=O) groups excluding carboxylic acids is 2. The zero-order valence-electron chi connectivity index (χ0n) is 14.4. The number of allylic oxidation sites excluding steroid dienone is 1. The Labute approximate surface area is 136 Å². The summed E-state index contributed by atoms with van der Waals surface area (Å²) < 4.78 is 4.70. The SMILES string of the molecule is CCC1=C(C)C(=O)N/C1=C\c1[nH]c(C)c(CCC(=O)OC)c1C. The highest BCUT2D eigenvalue weighted by atomic mass is 16.5. The molecule has 0 fully saturated rings. The summed E-state index contributed by atoms with van der Waals surface area (Å²) in [7, 11) is 1.40. The highest BCUT2D eigenvalue weighted by Crippen LogP contribution is 2.27. The largest absolute Gasteiger partial charge is 0.469 e. The summed E-state index contributed by atoms with van der Waals surface area (Å²) in [6.45, 7) is 7.92. The van der Waals surface area contributed by atoms with Crippen LogP contribution in [-0.4, -0.2) is 24.0 Å². The van der Waals surface area contributed by atoms with Crippen molar-refractivity contribution in [2.45, 2.75) is 47.0 Å². The van der Waals surface area contributed by atoms with E-state index in [0.717, 1.165) is 45.8 Å². The molecule has 0 unspecified atom stereocenters. The molecule has 0 atom stereocenters. The van der Waals surface area contributed by atoms with Crippen molar-refractivity contribution in [3.05, 3.63) is 39.4 Å². The number of aromatic nitrogens is 1. The molecular formula is C18H24N2O3. The van der Waals surface area contributed by atoms with Crippen molar-refractivity contribution >= 4 is 18.0 Å². The molecule has 0 radical (unpaired) electrons. The summed E-state index contributed by atoms with van der Waals surface area (Å²) in [4.78, 5) is 26.5. The van der Waals surface area contributed by atoms with Crippen LogP contribution in [-0.2, 0) is 20.7 Å². The lowest BCUT2D eigenvalue weighted by Gasteiger charge is -2.04. The number of aryl methyl sites for hydroxylation is 1. The number of amides is 1. The van der Waals surface area contributed by atoms with E-state index in [4.69, 9.17) is 4.74 Å². The Hall–Kier alpha value is -2.30. The van der Waals surface area contributed by atoms with Crippen molar-refractivity contribution in [2.24, 2.45) is 0 Å². The van der Waals surface area contributed by atoms with Crippen LogP contribution in [0.4, 0.5) is 0 Å². The monoisotopic (exact) mass is 316 g/mol. The van der Waals surface area contributed by atoms with E-state index in [1.54, 1.807) is 0 Å². The molecule has 23 heavy (non-hydrogen) atoms. The number of esters is 1. The molecule has 2 rings (SSSR count). The fourth-order valence-corrected chi connectivity index (χ4v) is 3.02. The third-order valence-electron chi connectivity index (χ3n) is 4.45. The van der Waals surface area contributed by atoms with Crippen molar-refractivity contribution in [1.82, 2.24) is 10.3 Å². The molecule has 0 spiro atoms. The van der Waals surface area contributed by atoms with Crippen molar-refractivity contribution < 1.29 is 14.3 Å². The molecule has 1 aliphatic rings. The molecule has 0 saturated heterocycles. The molecule has 1 aromatic rings. The van der Waals surface area contributed by atoms with Gasteiger partial charge in [-0.15, -0.1) is 0 Å². The Morgan fingerprint density at radius 3 is 2.57 bits per heavy atom. The van der Waals surface area contributed by atoms with Crippen LogP contribution in [0.25, 0.3) is 6.08 Å². The molecule has 0 aliphatic carbocycles. The van der Waals surface area contributed by atoms with Gasteiger partial charge < -0.3 is 15.0 Å². The molecule has 5 nitrogen and oxygen atoms in total. The number of aromatic amines is 1. The summed E-state index contributed by atoms with van der Waals surface area (Å²) in [5.41, 5.74) is 6.94. The van der Waals surface area contributed by atoms with Crippen molar-refractivity contribution in [3.63, 3.8) is 0 Å². The minimum Gasteiger partial charge on any atom is -0.469 e. The smallest absolute Gasteiger partial charge is 0.305 e. The zero-order valence-corrected chi connectivity index (χ0v) is 14.4. The van der Waals surface area contributed by atoms with Gasteiger partial charge in [0.25, 0.3) is 5.91 Å².